The molecule has 0 fully saturated rings. The summed E-state index contributed by atoms with van der Waals surface area (Å²) >= 11 is 0. The Morgan fingerprint density at radius 1 is 1.36 bits per heavy atom. The zero-order valence-electron chi connectivity index (χ0n) is 12.7. The summed E-state index contributed by atoms with van der Waals surface area (Å²) in [5.41, 5.74) is 1.88. The van der Waals surface area contributed by atoms with Crippen molar-refractivity contribution in [1.29, 1.82) is 0 Å². The average Bonchev–Trinajstić information content (AvgIpc) is 3.12. The smallest absolute Gasteiger partial charge is 0.313 e. The number of aromatic nitrogens is 5. The van der Waals surface area contributed by atoms with E-state index in [1.54, 1.807) is 17.1 Å². The molecule has 0 saturated heterocycles. The molecule has 1 N–H and O–H groups in total. The predicted octanol–water partition coefficient (Wildman–Crippen LogP) is 2.37. The molecule has 114 valence electrons. The lowest BCUT2D eigenvalue weighted by atomic mass is 9.98. The fourth-order valence-electron chi connectivity index (χ4n) is 2.00. The lowest BCUT2D eigenvalue weighted by molar-refractivity contribution is -0.157. The van der Waals surface area contributed by atoms with Crippen molar-refractivity contribution in [3.63, 3.8) is 0 Å². The normalized spacial score (nSPS) is 11.8. The molecule has 3 aromatic rings. The molecule has 0 bridgehead atoms. The number of aromatic amines is 1. The Kier molecular flexibility index (Phi) is 3.40. The average molecular weight is 299 g/mol. The molecular weight excluding hydrogens is 282 g/mol. The minimum absolute atomic E-state index is 0.0808. The molecule has 0 unspecified atom stereocenters. The van der Waals surface area contributed by atoms with Crippen molar-refractivity contribution in [2.75, 3.05) is 0 Å². The second-order valence-electron chi connectivity index (χ2n) is 6.04. The zero-order chi connectivity index (χ0) is 15.7. The van der Waals surface area contributed by atoms with Gasteiger partial charge in [0, 0.05) is 23.3 Å². The molecule has 0 aliphatic carbocycles. The zero-order valence-corrected chi connectivity index (χ0v) is 12.7. The van der Waals surface area contributed by atoms with Gasteiger partial charge in [0.1, 0.15) is 12.0 Å². The van der Waals surface area contributed by atoms with Crippen LogP contribution in [0.1, 0.15) is 20.8 Å². The number of esters is 1. The summed E-state index contributed by atoms with van der Waals surface area (Å²) in [4.78, 5) is 23.3. The molecule has 0 radical (unpaired) electrons. The third-order valence-corrected chi connectivity index (χ3v) is 3.20. The summed E-state index contributed by atoms with van der Waals surface area (Å²) in [6.07, 6.45) is 6.81. The Hall–Kier alpha value is -2.70. The number of carbonyl (C=O) groups excluding carboxylic acids is 1. The molecule has 7 heteroatoms. The lowest BCUT2D eigenvalue weighted by Crippen LogP contribution is -2.24. The van der Waals surface area contributed by atoms with E-state index in [1.165, 1.54) is 6.33 Å². The first kappa shape index (κ1) is 14.2. The molecule has 22 heavy (non-hydrogen) atoms. The van der Waals surface area contributed by atoms with Gasteiger partial charge in [0.2, 0.25) is 0 Å². The molecule has 0 atom stereocenters. The molecule has 7 nitrogen and oxygen atoms in total. The highest BCUT2D eigenvalue weighted by Crippen LogP contribution is 2.24. The van der Waals surface area contributed by atoms with Gasteiger partial charge in [-0.1, -0.05) is 0 Å². The number of ether oxygens (including phenoxy) is 1. The van der Waals surface area contributed by atoms with E-state index >= 15 is 0 Å². The quantitative estimate of drug-likeness (QED) is 0.750. The molecule has 0 aromatic carbocycles. The molecule has 0 amide bonds. The molecule has 0 spiro atoms. The Labute approximate surface area is 127 Å². The van der Waals surface area contributed by atoms with Crippen LogP contribution < -0.4 is 0 Å². The standard InChI is InChI=1S/C15H17N5O2/c1-15(2,3)14(21)22-9-20-7-10(6-19-20)12-11-4-5-16-13(11)18-8-17-12/h4-8H,9H2,1-3H3,(H,16,17,18). The van der Waals surface area contributed by atoms with Crippen molar-refractivity contribution in [3.05, 3.63) is 31.0 Å². The van der Waals surface area contributed by atoms with E-state index in [1.807, 2.05) is 33.0 Å². The van der Waals surface area contributed by atoms with E-state index < -0.39 is 5.41 Å². The van der Waals surface area contributed by atoms with Crippen LogP contribution in [0.5, 0.6) is 0 Å². The summed E-state index contributed by atoms with van der Waals surface area (Å²) in [5.74, 6) is -0.264. The van der Waals surface area contributed by atoms with Crippen LogP contribution in [-0.4, -0.2) is 30.7 Å². The van der Waals surface area contributed by atoms with Crippen LogP contribution in [0.15, 0.2) is 31.0 Å². The fraction of sp³-hybridized carbons (Fsp3) is 0.333. The highest BCUT2D eigenvalue weighted by atomic mass is 16.5. The Morgan fingerprint density at radius 3 is 2.95 bits per heavy atom. The summed E-state index contributed by atoms with van der Waals surface area (Å²) in [5, 5.41) is 5.13. The van der Waals surface area contributed by atoms with E-state index in [-0.39, 0.29) is 12.7 Å². The van der Waals surface area contributed by atoms with Gasteiger partial charge in [-0.25, -0.2) is 14.6 Å². The van der Waals surface area contributed by atoms with Crippen molar-refractivity contribution in [1.82, 2.24) is 24.7 Å². The molecule has 3 heterocycles. The highest BCUT2D eigenvalue weighted by Gasteiger charge is 2.23. The van der Waals surface area contributed by atoms with Gasteiger partial charge in [0.25, 0.3) is 0 Å². The third-order valence-electron chi connectivity index (χ3n) is 3.20. The molecule has 0 aliphatic rings. The molecule has 3 aromatic heterocycles. The minimum Gasteiger partial charge on any atom is -0.442 e. The van der Waals surface area contributed by atoms with Crippen LogP contribution in [0.25, 0.3) is 22.3 Å². The summed E-state index contributed by atoms with van der Waals surface area (Å²) in [6, 6.07) is 1.92. The number of H-pyrrole nitrogens is 1. The Bertz CT molecular complexity index is 813. The van der Waals surface area contributed by atoms with Crippen LogP contribution in [0, 0.1) is 5.41 Å². The van der Waals surface area contributed by atoms with Crippen LogP contribution in [0.4, 0.5) is 0 Å². The number of rotatable bonds is 3. The minimum atomic E-state index is -0.528. The van der Waals surface area contributed by atoms with Gasteiger partial charge in [-0.3, -0.25) is 4.79 Å². The first-order chi connectivity index (χ1) is 10.4. The van der Waals surface area contributed by atoms with Gasteiger partial charge in [0.05, 0.1) is 17.3 Å². The summed E-state index contributed by atoms with van der Waals surface area (Å²) in [6.45, 7) is 5.52. The predicted molar refractivity (Wildman–Crippen MR) is 80.7 cm³/mol. The maximum atomic E-state index is 11.8. The van der Waals surface area contributed by atoms with E-state index in [4.69, 9.17) is 4.74 Å². The molecule has 0 aliphatic heterocycles. The maximum Gasteiger partial charge on any atom is 0.313 e. The number of fused-ring (bicyclic) bond motifs is 1. The SMILES string of the molecule is CC(C)(C)C(=O)OCn1cc(-c2ncnc3[nH]ccc23)cn1. The lowest BCUT2D eigenvalue weighted by Gasteiger charge is -2.16. The highest BCUT2D eigenvalue weighted by molar-refractivity contribution is 5.89. The number of hydrogen-bond donors (Lipinski definition) is 1. The molecular formula is C15H17N5O2. The monoisotopic (exact) mass is 299 g/mol. The second-order valence-corrected chi connectivity index (χ2v) is 6.04. The fourth-order valence-corrected chi connectivity index (χ4v) is 2.00. The van der Waals surface area contributed by atoms with Crippen molar-refractivity contribution in [3.8, 4) is 11.3 Å². The van der Waals surface area contributed by atoms with Crippen molar-refractivity contribution >= 4 is 17.0 Å². The maximum absolute atomic E-state index is 11.8. The van der Waals surface area contributed by atoms with Gasteiger partial charge in [-0.2, -0.15) is 5.10 Å². The number of nitrogens with zero attached hydrogens (tertiary/aromatic N) is 4. The van der Waals surface area contributed by atoms with E-state index in [2.05, 4.69) is 20.1 Å². The second kappa shape index (κ2) is 5.25. The third kappa shape index (κ3) is 2.69. The van der Waals surface area contributed by atoms with E-state index in [9.17, 15) is 4.79 Å². The molecule has 0 saturated carbocycles. The topological polar surface area (TPSA) is 85.7 Å². The summed E-state index contributed by atoms with van der Waals surface area (Å²) < 4.78 is 6.81. The van der Waals surface area contributed by atoms with Gasteiger partial charge in [-0.05, 0) is 26.8 Å². The van der Waals surface area contributed by atoms with Crippen molar-refractivity contribution in [2.24, 2.45) is 5.41 Å². The van der Waals surface area contributed by atoms with E-state index in [0.29, 0.717) is 0 Å². The number of nitrogens with one attached hydrogen (secondary N) is 1. The van der Waals surface area contributed by atoms with Gasteiger partial charge in [0.15, 0.2) is 6.73 Å². The Morgan fingerprint density at radius 2 is 2.18 bits per heavy atom. The first-order valence-electron chi connectivity index (χ1n) is 6.93. The van der Waals surface area contributed by atoms with Gasteiger partial charge in [-0.15, -0.1) is 0 Å². The van der Waals surface area contributed by atoms with Crippen LogP contribution in [0.2, 0.25) is 0 Å². The van der Waals surface area contributed by atoms with E-state index in [0.717, 1.165) is 22.3 Å². The van der Waals surface area contributed by atoms with Crippen molar-refractivity contribution in [2.45, 2.75) is 27.5 Å². The molecule has 3 rings (SSSR count). The van der Waals surface area contributed by atoms with Crippen LogP contribution in [-0.2, 0) is 16.3 Å². The van der Waals surface area contributed by atoms with Crippen molar-refractivity contribution < 1.29 is 9.53 Å². The van der Waals surface area contributed by atoms with Gasteiger partial charge >= 0.3 is 5.97 Å². The van der Waals surface area contributed by atoms with Crippen LogP contribution in [0.3, 0.4) is 0 Å². The number of carbonyl (C=O) groups is 1. The first-order valence-corrected chi connectivity index (χ1v) is 6.93. The summed E-state index contributed by atoms with van der Waals surface area (Å²) in [7, 11) is 0. The largest absolute Gasteiger partial charge is 0.442 e. The number of hydrogen-bond acceptors (Lipinski definition) is 5. The van der Waals surface area contributed by atoms with Gasteiger partial charge < -0.3 is 9.72 Å². The van der Waals surface area contributed by atoms with Crippen LogP contribution >= 0.6 is 0 Å². The Balaban J connectivity index is 1.80.